The van der Waals surface area contributed by atoms with Gasteiger partial charge in [0.15, 0.2) is 0 Å². The Morgan fingerprint density at radius 1 is 0.625 bits per heavy atom. The fraction of sp³-hybridized carbons (Fsp3) is 0.667. The number of fused-ring (bicyclic) bond motifs is 2. The number of allylic oxidation sites excluding steroid dienone is 2. The highest BCUT2D eigenvalue weighted by atomic mass is 16.5. The number of amides is 2. The molecule has 0 aromatic heterocycles. The molecular formula is C24H34N2O6. The van der Waals surface area contributed by atoms with E-state index in [-0.39, 0.29) is 37.0 Å². The number of hydrogen-bond acceptors (Lipinski definition) is 6. The third-order valence-corrected chi connectivity index (χ3v) is 6.19. The summed E-state index contributed by atoms with van der Waals surface area (Å²) in [6, 6.07) is -0.982. The van der Waals surface area contributed by atoms with Crippen LogP contribution in [0.2, 0.25) is 0 Å². The molecule has 8 nitrogen and oxygen atoms in total. The maximum atomic E-state index is 12.5. The molecule has 176 valence electrons. The van der Waals surface area contributed by atoms with Gasteiger partial charge in [0.05, 0.1) is 0 Å². The van der Waals surface area contributed by atoms with Crippen LogP contribution in [-0.2, 0) is 28.7 Å². The molecule has 8 heteroatoms. The Bertz CT molecular complexity index is 685. The molecule has 3 aliphatic rings. The molecular weight excluding hydrogens is 412 g/mol. The van der Waals surface area contributed by atoms with Crippen molar-refractivity contribution in [3.05, 3.63) is 24.3 Å². The average Bonchev–Trinajstić information content (AvgIpc) is 3.46. The van der Waals surface area contributed by atoms with Gasteiger partial charge in [-0.15, -0.1) is 0 Å². The fourth-order valence-corrected chi connectivity index (χ4v) is 4.47. The standard InChI is InChI=1S/C24H34N2O6/c27-21-13-5-1-3-7-17-31-23(29)20-12-10-16-26(20)22(28)14-6-2-4-8-18-32-24(30)19-11-9-15-25(19)21/h3-4,7-8,19-20H,1-2,5-6,9-18H2/t19-,20-/m0/s1. The molecule has 0 unspecified atom stereocenters. The summed E-state index contributed by atoms with van der Waals surface area (Å²) in [6.45, 7) is 1.51. The molecule has 0 saturated carbocycles. The Kier molecular flexibility index (Phi) is 9.31. The second-order valence-corrected chi connectivity index (χ2v) is 8.48. The Morgan fingerprint density at radius 3 is 1.50 bits per heavy atom. The van der Waals surface area contributed by atoms with E-state index in [4.69, 9.17) is 9.47 Å². The largest absolute Gasteiger partial charge is 0.460 e. The summed E-state index contributed by atoms with van der Waals surface area (Å²) in [4.78, 5) is 53.2. The highest BCUT2D eigenvalue weighted by Gasteiger charge is 2.35. The minimum absolute atomic E-state index is 0.0204. The van der Waals surface area contributed by atoms with E-state index in [9.17, 15) is 19.2 Å². The minimum Gasteiger partial charge on any atom is -0.460 e. The predicted octanol–water partition coefficient (Wildman–Crippen LogP) is 2.52. The zero-order valence-corrected chi connectivity index (χ0v) is 18.7. The average molecular weight is 447 g/mol. The molecule has 2 atom stereocenters. The summed E-state index contributed by atoms with van der Waals surface area (Å²) in [5.74, 6) is -0.736. The van der Waals surface area contributed by atoms with Gasteiger partial charge in [-0.1, -0.05) is 24.3 Å². The lowest BCUT2D eigenvalue weighted by Crippen LogP contribution is -2.41. The first kappa shape index (κ1) is 24.0. The van der Waals surface area contributed by atoms with Crippen LogP contribution >= 0.6 is 0 Å². The zero-order chi connectivity index (χ0) is 22.8. The molecule has 2 fully saturated rings. The van der Waals surface area contributed by atoms with Gasteiger partial charge >= 0.3 is 11.9 Å². The van der Waals surface area contributed by atoms with Gasteiger partial charge in [0, 0.05) is 25.9 Å². The van der Waals surface area contributed by atoms with Gasteiger partial charge in [-0.2, -0.15) is 0 Å². The van der Waals surface area contributed by atoms with E-state index in [2.05, 4.69) is 0 Å². The van der Waals surface area contributed by atoms with Crippen LogP contribution < -0.4 is 0 Å². The van der Waals surface area contributed by atoms with Crippen molar-refractivity contribution >= 4 is 23.8 Å². The number of rotatable bonds is 0. The second-order valence-electron chi connectivity index (χ2n) is 8.48. The number of carbonyl (C=O) groups excluding carboxylic acids is 4. The van der Waals surface area contributed by atoms with Gasteiger partial charge in [-0.3, -0.25) is 9.59 Å². The lowest BCUT2D eigenvalue weighted by molar-refractivity contribution is -0.152. The molecule has 0 aromatic carbocycles. The van der Waals surface area contributed by atoms with Crippen LogP contribution in [0.4, 0.5) is 0 Å². The molecule has 3 aliphatic heterocycles. The SMILES string of the molecule is O=C1OCC=CCCCC(=O)N2CCC[C@H]2C(=O)OCC=CCCCC(=O)N2CCC[C@@H]12. The van der Waals surface area contributed by atoms with Crippen molar-refractivity contribution in [2.45, 2.75) is 76.3 Å². The van der Waals surface area contributed by atoms with E-state index in [0.29, 0.717) is 64.5 Å². The van der Waals surface area contributed by atoms with Crippen molar-refractivity contribution < 1.29 is 28.7 Å². The zero-order valence-electron chi connectivity index (χ0n) is 18.7. The summed E-state index contributed by atoms with van der Waals surface area (Å²) in [5.41, 5.74) is 0. The monoisotopic (exact) mass is 446 g/mol. The summed E-state index contributed by atoms with van der Waals surface area (Å²) in [5, 5.41) is 0. The van der Waals surface area contributed by atoms with Crippen LogP contribution in [0.15, 0.2) is 24.3 Å². The first-order chi connectivity index (χ1) is 15.6. The van der Waals surface area contributed by atoms with Crippen LogP contribution in [0.25, 0.3) is 0 Å². The van der Waals surface area contributed by atoms with E-state index >= 15 is 0 Å². The summed E-state index contributed by atoms with van der Waals surface area (Å²) in [7, 11) is 0. The van der Waals surface area contributed by atoms with Crippen molar-refractivity contribution in [3.63, 3.8) is 0 Å². The molecule has 0 radical (unpaired) electrons. The van der Waals surface area contributed by atoms with E-state index in [1.165, 1.54) is 0 Å². The number of nitrogens with zero attached hydrogens (tertiary/aromatic N) is 2. The minimum atomic E-state index is -0.491. The molecule has 0 spiro atoms. The summed E-state index contributed by atoms with van der Waals surface area (Å²) < 4.78 is 10.7. The molecule has 0 aromatic rings. The molecule has 2 saturated heterocycles. The topological polar surface area (TPSA) is 93.2 Å². The molecule has 0 N–H and O–H groups in total. The number of hydrogen-bond donors (Lipinski definition) is 0. The normalized spacial score (nSPS) is 27.2. The van der Waals surface area contributed by atoms with E-state index in [1.807, 2.05) is 12.2 Å². The lowest BCUT2D eigenvalue weighted by Gasteiger charge is -2.23. The third kappa shape index (κ3) is 6.68. The third-order valence-electron chi connectivity index (χ3n) is 6.19. The van der Waals surface area contributed by atoms with Gasteiger partial charge in [0.25, 0.3) is 0 Å². The van der Waals surface area contributed by atoms with Gasteiger partial charge < -0.3 is 19.3 Å². The van der Waals surface area contributed by atoms with E-state index < -0.39 is 12.1 Å². The van der Waals surface area contributed by atoms with Crippen molar-refractivity contribution in [2.75, 3.05) is 26.3 Å². The Labute approximate surface area is 189 Å². The summed E-state index contributed by atoms with van der Waals surface area (Å²) in [6.07, 6.45) is 13.7. The van der Waals surface area contributed by atoms with Gasteiger partial charge in [-0.25, -0.2) is 9.59 Å². The Balaban J connectivity index is 1.58. The fourth-order valence-electron chi connectivity index (χ4n) is 4.47. The number of carbonyl (C=O) groups is 4. The van der Waals surface area contributed by atoms with Crippen LogP contribution in [0, 0.1) is 0 Å². The number of cyclic esters (lactones) is 2. The predicted molar refractivity (Wildman–Crippen MR) is 117 cm³/mol. The van der Waals surface area contributed by atoms with Crippen molar-refractivity contribution in [1.29, 1.82) is 0 Å². The summed E-state index contributed by atoms with van der Waals surface area (Å²) >= 11 is 0. The first-order valence-corrected chi connectivity index (χ1v) is 11.8. The van der Waals surface area contributed by atoms with E-state index in [0.717, 1.165) is 12.8 Å². The van der Waals surface area contributed by atoms with Crippen LogP contribution in [-0.4, -0.2) is 71.9 Å². The molecule has 3 rings (SSSR count). The van der Waals surface area contributed by atoms with Crippen molar-refractivity contribution in [2.24, 2.45) is 0 Å². The molecule has 32 heavy (non-hydrogen) atoms. The van der Waals surface area contributed by atoms with Crippen LogP contribution in [0.1, 0.15) is 64.2 Å². The van der Waals surface area contributed by atoms with Crippen molar-refractivity contribution in [1.82, 2.24) is 9.80 Å². The van der Waals surface area contributed by atoms with Crippen LogP contribution in [0.3, 0.4) is 0 Å². The van der Waals surface area contributed by atoms with E-state index in [1.54, 1.807) is 22.0 Å². The van der Waals surface area contributed by atoms with Crippen molar-refractivity contribution in [3.8, 4) is 0 Å². The number of esters is 2. The molecule has 0 aliphatic carbocycles. The Morgan fingerprint density at radius 2 is 1.06 bits per heavy atom. The smallest absolute Gasteiger partial charge is 0.329 e. The molecule has 2 amide bonds. The number of ether oxygens (including phenoxy) is 2. The first-order valence-electron chi connectivity index (χ1n) is 11.8. The quantitative estimate of drug-likeness (QED) is 0.419. The lowest BCUT2D eigenvalue weighted by atomic mass is 10.1. The van der Waals surface area contributed by atoms with Gasteiger partial charge in [-0.05, 0) is 51.4 Å². The molecule has 0 bridgehead atoms. The Hall–Kier alpha value is -2.64. The maximum Gasteiger partial charge on any atom is 0.329 e. The van der Waals surface area contributed by atoms with Gasteiger partial charge in [0.1, 0.15) is 25.3 Å². The second kappa shape index (κ2) is 12.4. The highest BCUT2D eigenvalue weighted by molar-refractivity contribution is 5.86. The maximum absolute atomic E-state index is 12.5. The highest BCUT2D eigenvalue weighted by Crippen LogP contribution is 2.21. The van der Waals surface area contributed by atoms with Crippen LogP contribution in [0.5, 0.6) is 0 Å². The van der Waals surface area contributed by atoms with Gasteiger partial charge in [0.2, 0.25) is 11.8 Å². The molecule has 3 heterocycles.